The average molecular weight is 303 g/mol. The van der Waals surface area contributed by atoms with Gasteiger partial charge in [-0.15, -0.1) is 0 Å². The van der Waals surface area contributed by atoms with Crippen molar-refractivity contribution in [3.05, 3.63) is 16.7 Å². The highest BCUT2D eigenvalue weighted by Gasteiger charge is 2.29. The zero-order valence-electron chi connectivity index (χ0n) is 8.68. The molecule has 0 aliphatic carbocycles. The SMILES string of the molecule is COc1ccc(N2CC(S)CC2=O)c(Br)n1. The molecule has 1 aliphatic rings. The van der Waals surface area contributed by atoms with Crippen LogP contribution in [0.2, 0.25) is 0 Å². The van der Waals surface area contributed by atoms with Crippen molar-refractivity contribution in [1.29, 1.82) is 0 Å². The highest BCUT2D eigenvalue weighted by atomic mass is 79.9. The van der Waals surface area contributed by atoms with Crippen molar-refractivity contribution in [2.24, 2.45) is 0 Å². The van der Waals surface area contributed by atoms with E-state index in [2.05, 4.69) is 33.5 Å². The monoisotopic (exact) mass is 302 g/mol. The third-order valence-electron chi connectivity index (χ3n) is 2.41. The molecule has 0 spiro atoms. The third kappa shape index (κ3) is 2.17. The van der Waals surface area contributed by atoms with Gasteiger partial charge < -0.3 is 9.64 Å². The predicted molar refractivity (Wildman–Crippen MR) is 68.2 cm³/mol. The molecule has 86 valence electrons. The van der Waals surface area contributed by atoms with Gasteiger partial charge in [-0.3, -0.25) is 4.79 Å². The Labute approximate surface area is 108 Å². The van der Waals surface area contributed by atoms with Gasteiger partial charge in [0.2, 0.25) is 11.8 Å². The van der Waals surface area contributed by atoms with Crippen LogP contribution in [0.4, 0.5) is 5.69 Å². The van der Waals surface area contributed by atoms with Crippen LogP contribution in [-0.2, 0) is 4.79 Å². The van der Waals surface area contributed by atoms with Crippen LogP contribution in [-0.4, -0.2) is 29.8 Å². The molecule has 1 aliphatic heterocycles. The summed E-state index contributed by atoms with van der Waals surface area (Å²) < 4.78 is 5.61. The highest BCUT2D eigenvalue weighted by Crippen LogP contribution is 2.31. The van der Waals surface area contributed by atoms with E-state index >= 15 is 0 Å². The molecule has 1 unspecified atom stereocenters. The lowest BCUT2D eigenvalue weighted by Gasteiger charge is -2.17. The van der Waals surface area contributed by atoms with E-state index in [1.807, 2.05) is 6.07 Å². The first kappa shape index (κ1) is 11.7. The van der Waals surface area contributed by atoms with Crippen molar-refractivity contribution in [2.45, 2.75) is 11.7 Å². The zero-order valence-corrected chi connectivity index (χ0v) is 11.2. The molecule has 4 nitrogen and oxygen atoms in total. The molecule has 1 aromatic rings. The van der Waals surface area contributed by atoms with E-state index in [4.69, 9.17) is 4.74 Å². The first-order valence-corrected chi connectivity index (χ1v) is 6.11. The summed E-state index contributed by atoms with van der Waals surface area (Å²) in [6.45, 7) is 0.620. The minimum Gasteiger partial charge on any atom is -0.481 e. The first-order chi connectivity index (χ1) is 7.61. The second-order valence-electron chi connectivity index (χ2n) is 3.53. The first-order valence-electron chi connectivity index (χ1n) is 4.81. The Kier molecular flexibility index (Phi) is 3.39. The molecule has 2 heterocycles. The summed E-state index contributed by atoms with van der Waals surface area (Å²) in [5, 5.41) is 0.0986. The van der Waals surface area contributed by atoms with Crippen molar-refractivity contribution < 1.29 is 9.53 Å². The van der Waals surface area contributed by atoms with E-state index in [9.17, 15) is 4.79 Å². The lowest BCUT2D eigenvalue weighted by molar-refractivity contribution is -0.117. The van der Waals surface area contributed by atoms with Gasteiger partial charge in [-0.05, 0) is 22.0 Å². The fourth-order valence-corrected chi connectivity index (χ4v) is 2.49. The van der Waals surface area contributed by atoms with E-state index in [1.165, 1.54) is 0 Å². The van der Waals surface area contributed by atoms with Gasteiger partial charge in [0.25, 0.3) is 0 Å². The van der Waals surface area contributed by atoms with Crippen molar-refractivity contribution in [3.8, 4) is 5.88 Å². The van der Waals surface area contributed by atoms with Crippen LogP contribution in [0.25, 0.3) is 0 Å². The molecule has 1 fully saturated rings. The highest BCUT2D eigenvalue weighted by molar-refractivity contribution is 9.10. The maximum absolute atomic E-state index is 11.7. The van der Waals surface area contributed by atoms with Crippen LogP contribution < -0.4 is 9.64 Å². The van der Waals surface area contributed by atoms with Gasteiger partial charge in [0.1, 0.15) is 4.60 Å². The largest absolute Gasteiger partial charge is 0.481 e. The fourth-order valence-electron chi connectivity index (χ4n) is 1.65. The third-order valence-corrected chi connectivity index (χ3v) is 3.34. The number of halogens is 1. The molecular formula is C10H11BrN2O2S. The van der Waals surface area contributed by atoms with E-state index in [-0.39, 0.29) is 11.2 Å². The van der Waals surface area contributed by atoms with Gasteiger partial charge in [-0.2, -0.15) is 12.6 Å². The number of rotatable bonds is 2. The number of ether oxygens (including phenoxy) is 1. The van der Waals surface area contributed by atoms with E-state index < -0.39 is 0 Å². The van der Waals surface area contributed by atoms with Gasteiger partial charge in [-0.25, -0.2) is 4.98 Å². The summed E-state index contributed by atoms with van der Waals surface area (Å²) in [6.07, 6.45) is 0.474. The number of hydrogen-bond acceptors (Lipinski definition) is 4. The summed E-state index contributed by atoms with van der Waals surface area (Å²) in [5.74, 6) is 0.595. The minimum absolute atomic E-state index is 0.0765. The van der Waals surface area contributed by atoms with Crippen LogP contribution in [0.5, 0.6) is 5.88 Å². The van der Waals surface area contributed by atoms with E-state index in [1.54, 1.807) is 18.1 Å². The topological polar surface area (TPSA) is 42.4 Å². The number of amides is 1. The summed E-state index contributed by atoms with van der Waals surface area (Å²) in [7, 11) is 1.55. The number of aromatic nitrogens is 1. The maximum atomic E-state index is 11.7. The average Bonchev–Trinajstić information content (AvgIpc) is 2.57. The quantitative estimate of drug-likeness (QED) is 0.670. The minimum atomic E-state index is 0.0765. The number of pyridine rings is 1. The van der Waals surface area contributed by atoms with Crippen molar-refractivity contribution >= 4 is 40.2 Å². The Bertz CT molecular complexity index is 427. The predicted octanol–water partition coefficient (Wildman–Crippen LogP) is 1.89. The number of thiol groups is 1. The van der Waals surface area contributed by atoms with Crippen molar-refractivity contribution in [2.75, 3.05) is 18.6 Å². The van der Waals surface area contributed by atoms with Crippen LogP contribution in [0.15, 0.2) is 16.7 Å². The Balaban J connectivity index is 2.30. The van der Waals surface area contributed by atoms with Gasteiger partial charge in [0.15, 0.2) is 0 Å². The molecule has 16 heavy (non-hydrogen) atoms. The summed E-state index contributed by atoms with van der Waals surface area (Å²) in [6, 6.07) is 3.55. The Morgan fingerprint density at radius 2 is 2.38 bits per heavy atom. The molecule has 1 atom stereocenters. The number of carbonyl (C=O) groups is 1. The molecule has 0 bridgehead atoms. The summed E-state index contributed by atoms with van der Waals surface area (Å²) >= 11 is 7.65. The fraction of sp³-hybridized carbons (Fsp3) is 0.400. The zero-order chi connectivity index (χ0) is 11.7. The number of hydrogen-bond donors (Lipinski definition) is 1. The summed E-state index contributed by atoms with van der Waals surface area (Å²) in [4.78, 5) is 17.5. The van der Waals surface area contributed by atoms with Crippen LogP contribution >= 0.6 is 28.6 Å². The van der Waals surface area contributed by atoms with Gasteiger partial charge >= 0.3 is 0 Å². The molecule has 0 N–H and O–H groups in total. The second-order valence-corrected chi connectivity index (χ2v) is 5.01. The summed E-state index contributed by atoms with van der Waals surface area (Å²) in [5.41, 5.74) is 0.766. The molecule has 1 aromatic heterocycles. The van der Waals surface area contributed by atoms with Crippen LogP contribution in [0.1, 0.15) is 6.42 Å². The van der Waals surface area contributed by atoms with Gasteiger partial charge in [0, 0.05) is 24.3 Å². The Morgan fingerprint density at radius 3 is 2.88 bits per heavy atom. The van der Waals surface area contributed by atoms with Crippen molar-refractivity contribution in [3.63, 3.8) is 0 Å². The lowest BCUT2D eigenvalue weighted by Crippen LogP contribution is -2.25. The molecule has 0 saturated carbocycles. The molecule has 0 aromatic carbocycles. The Morgan fingerprint density at radius 1 is 1.62 bits per heavy atom. The second kappa shape index (κ2) is 4.63. The number of carbonyl (C=O) groups excluding carboxylic acids is 1. The normalized spacial score (nSPS) is 20.3. The standard InChI is InChI=1S/C10H11BrN2O2S/c1-15-8-3-2-7(10(11)12-8)13-5-6(16)4-9(13)14/h2-3,6,16H,4-5H2,1H3. The van der Waals surface area contributed by atoms with Gasteiger partial charge in [-0.1, -0.05) is 0 Å². The molecular weight excluding hydrogens is 292 g/mol. The van der Waals surface area contributed by atoms with E-state index in [0.29, 0.717) is 23.4 Å². The molecule has 1 amide bonds. The molecule has 0 radical (unpaired) electrons. The van der Waals surface area contributed by atoms with Gasteiger partial charge in [0.05, 0.1) is 12.8 Å². The molecule has 1 saturated heterocycles. The number of methoxy groups -OCH3 is 1. The maximum Gasteiger partial charge on any atom is 0.228 e. The Hall–Kier alpha value is -0.750. The van der Waals surface area contributed by atoms with E-state index in [0.717, 1.165) is 5.69 Å². The molecule has 2 rings (SSSR count). The lowest BCUT2D eigenvalue weighted by atomic mass is 10.4. The number of nitrogens with zero attached hydrogens (tertiary/aromatic N) is 2. The van der Waals surface area contributed by atoms with Crippen LogP contribution in [0.3, 0.4) is 0 Å². The number of anilines is 1. The smallest absolute Gasteiger partial charge is 0.228 e. The van der Waals surface area contributed by atoms with Crippen molar-refractivity contribution in [1.82, 2.24) is 4.98 Å². The van der Waals surface area contributed by atoms with Crippen LogP contribution in [0, 0.1) is 0 Å². The molecule has 6 heteroatoms.